The molecule has 1 aliphatic rings. The van der Waals surface area contributed by atoms with Crippen LogP contribution in [0.1, 0.15) is 27.6 Å². The minimum Gasteiger partial charge on any atom is -0.462 e. The summed E-state index contributed by atoms with van der Waals surface area (Å²) in [6.45, 7) is 2.55. The Hall–Kier alpha value is -3.29. The van der Waals surface area contributed by atoms with Gasteiger partial charge in [-0.25, -0.2) is 18.0 Å². The van der Waals surface area contributed by atoms with E-state index < -0.39 is 33.0 Å². The van der Waals surface area contributed by atoms with Crippen LogP contribution in [0.15, 0.2) is 38.8 Å². The summed E-state index contributed by atoms with van der Waals surface area (Å²) in [6, 6.07) is 5.52. The number of benzene rings is 1. The SMILES string of the molecule is CCOC(=O)c1ccc(S(=O)(=O)N2CCN(CC(=O)c3c(N)n(C)c(=O)n(C)c3=O)CC2)cc1. The Morgan fingerprint density at radius 3 is 2.15 bits per heavy atom. The number of anilines is 1. The molecule has 1 fully saturated rings. The second kappa shape index (κ2) is 9.91. The third-order valence-electron chi connectivity index (χ3n) is 5.69. The molecular weight excluding hydrogens is 466 g/mol. The second-order valence-corrected chi connectivity index (χ2v) is 9.75. The summed E-state index contributed by atoms with van der Waals surface area (Å²) in [5.41, 5.74) is 4.44. The molecule has 3 rings (SSSR count). The van der Waals surface area contributed by atoms with Crippen molar-refractivity contribution in [1.82, 2.24) is 18.3 Å². The molecular formula is C21H27N5O7S. The topological polar surface area (TPSA) is 154 Å². The number of sulfonamides is 1. The highest BCUT2D eigenvalue weighted by Gasteiger charge is 2.30. The number of ether oxygens (including phenoxy) is 1. The number of esters is 1. The second-order valence-electron chi connectivity index (χ2n) is 7.81. The number of carbonyl (C=O) groups is 2. The van der Waals surface area contributed by atoms with Gasteiger partial charge in [0, 0.05) is 40.3 Å². The molecule has 1 aliphatic heterocycles. The molecule has 34 heavy (non-hydrogen) atoms. The molecule has 0 atom stereocenters. The van der Waals surface area contributed by atoms with Crippen molar-refractivity contribution in [1.29, 1.82) is 0 Å². The fraction of sp³-hybridized carbons (Fsp3) is 0.429. The summed E-state index contributed by atoms with van der Waals surface area (Å²) in [5, 5.41) is 0. The van der Waals surface area contributed by atoms with Crippen LogP contribution in [0.2, 0.25) is 0 Å². The van der Waals surface area contributed by atoms with Crippen LogP contribution in [-0.2, 0) is 28.9 Å². The van der Waals surface area contributed by atoms with E-state index in [1.807, 2.05) is 0 Å². The van der Waals surface area contributed by atoms with Crippen molar-refractivity contribution in [3.05, 3.63) is 56.2 Å². The zero-order valence-corrected chi connectivity index (χ0v) is 20.0. The molecule has 12 nitrogen and oxygen atoms in total. The van der Waals surface area contributed by atoms with Gasteiger partial charge in [0.05, 0.1) is 23.6 Å². The Morgan fingerprint density at radius 1 is 1.00 bits per heavy atom. The van der Waals surface area contributed by atoms with Gasteiger partial charge >= 0.3 is 11.7 Å². The fourth-order valence-corrected chi connectivity index (χ4v) is 5.08. The number of hydrogen-bond donors (Lipinski definition) is 1. The Bertz CT molecular complexity index is 1320. The van der Waals surface area contributed by atoms with Gasteiger partial charge in [0.2, 0.25) is 10.0 Å². The lowest BCUT2D eigenvalue weighted by Crippen LogP contribution is -2.50. The summed E-state index contributed by atoms with van der Waals surface area (Å²) in [4.78, 5) is 50.7. The van der Waals surface area contributed by atoms with Gasteiger partial charge in [-0.3, -0.25) is 23.6 Å². The molecule has 1 saturated heterocycles. The maximum Gasteiger partial charge on any atom is 0.338 e. The van der Waals surface area contributed by atoms with Crippen LogP contribution in [0, 0.1) is 0 Å². The first-order chi connectivity index (χ1) is 16.0. The van der Waals surface area contributed by atoms with Gasteiger partial charge in [-0.15, -0.1) is 0 Å². The van der Waals surface area contributed by atoms with Gasteiger partial charge in [-0.1, -0.05) is 0 Å². The molecule has 1 aromatic heterocycles. The van der Waals surface area contributed by atoms with Crippen molar-refractivity contribution in [2.75, 3.05) is 45.1 Å². The highest BCUT2D eigenvalue weighted by molar-refractivity contribution is 7.89. The Labute approximate surface area is 196 Å². The number of nitrogens with zero attached hydrogens (tertiary/aromatic N) is 4. The molecule has 2 heterocycles. The minimum absolute atomic E-state index is 0.0477. The largest absolute Gasteiger partial charge is 0.462 e. The van der Waals surface area contributed by atoms with E-state index in [4.69, 9.17) is 10.5 Å². The van der Waals surface area contributed by atoms with E-state index in [0.29, 0.717) is 0 Å². The molecule has 0 amide bonds. The lowest BCUT2D eigenvalue weighted by molar-refractivity contribution is 0.0526. The normalized spacial score (nSPS) is 15.3. The third kappa shape index (κ3) is 4.81. The molecule has 2 aromatic rings. The Balaban J connectivity index is 1.68. The standard InChI is InChI=1S/C21H27N5O7S/c1-4-33-20(29)14-5-7-15(8-6-14)34(31,32)26-11-9-25(10-12-26)13-16(27)17-18(22)23(2)21(30)24(3)19(17)28/h5-8H,4,9-13,22H2,1-3H3. The van der Waals surface area contributed by atoms with Crippen molar-refractivity contribution in [2.45, 2.75) is 11.8 Å². The predicted octanol–water partition coefficient (Wildman–Crippen LogP) is -0.968. The van der Waals surface area contributed by atoms with E-state index in [-0.39, 0.29) is 61.2 Å². The first kappa shape index (κ1) is 25.3. The molecule has 0 bridgehead atoms. The van der Waals surface area contributed by atoms with Crippen molar-refractivity contribution < 1.29 is 22.7 Å². The van der Waals surface area contributed by atoms with Gasteiger partial charge in [0.25, 0.3) is 5.56 Å². The molecule has 0 radical (unpaired) electrons. The van der Waals surface area contributed by atoms with E-state index >= 15 is 0 Å². The third-order valence-corrected chi connectivity index (χ3v) is 7.60. The average Bonchev–Trinajstić information content (AvgIpc) is 2.82. The van der Waals surface area contributed by atoms with Crippen LogP contribution in [0.25, 0.3) is 0 Å². The molecule has 13 heteroatoms. The van der Waals surface area contributed by atoms with E-state index in [1.165, 1.54) is 42.7 Å². The fourth-order valence-electron chi connectivity index (χ4n) is 3.66. The number of Topliss-reactive ketones (excluding diaryl/α,β-unsaturated/α-hetero) is 1. The Morgan fingerprint density at radius 2 is 1.59 bits per heavy atom. The van der Waals surface area contributed by atoms with Gasteiger partial charge in [-0.05, 0) is 31.2 Å². The summed E-state index contributed by atoms with van der Waals surface area (Å²) in [6.07, 6.45) is 0. The number of ketones is 1. The molecule has 0 aliphatic carbocycles. The van der Waals surface area contributed by atoms with E-state index in [1.54, 1.807) is 11.8 Å². The van der Waals surface area contributed by atoms with Crippen LogP contribution in [0.3, 0.4) is 0 Å². The van der Waals surface area contributed by atoms with Crippen LogP contribution in [-0.4, -0.2) is 77.8 Å². The molecule has 0 unspecified atom stereocenters. The number of piperazine rings is 1. The van der Waals surface area contributed by atoms with E-state index in [2.05, 4.69) is 0 Å². The monoisotopic (exact) mass is 493 g/mol. The van der Waals surface area contributed by atoms with Crippen molar-refractivity contribution >= 4 is 27.6 Å². The lowest BCUT2D eigenvalue weighted by Gasteiger charge is -2.33. The highest BCUT2D eigenvalue weighted by atomic mass is 32.2. The van der Waals surface area contributed by atoms with Crippen LogP contribution in [0.5, 0.6) is 0 Å². The molecule has 2 N–H and O–H groups in total. The maximum absolute atomic E-state index is 13.0. The number of nitrogen functional groups attached to an aromatic ring is 1. The smallest absolute Gasteiger partial charge is 0.338 e. The van der Waals surface area contributed by atoms with Crippen molar-refractivity contribution in [3.63, 3.8) is 0 Å². The first-order valence-electron chi connectivity index (χ1n) is 10.6. The van der Waals surface area contributed by atoms with Crippen LogP contribution < -0.4 is 17.0 Å². The highest BCUT2D eigenvalue weighted by Crippen LogP contribution is 2.19. The summed E-state index contributed by atoms with van der Waals surface area (Å²) in [7, 11) is -1.15. The van der Waals surface area contributed by atoms with Crippen LogP contribution in [0.4, 0.5) is 5.82 Å². The van der Waals surface area contributed by atoms with E-state index in [0.717, 1.165) is 9.13 Å². The van der Waals surface area contributed by atoms with Gasteiger partial charge in [-0.2, -0.15) is 4.31 Å². The predicted molar refractivity (Wildman–Crippen MR) is 123 cm³/mol. The van der Waals surface area contributed by atoms with Crippen LogP contribution >= 0.6 is 0 Å². The lowest BCUT2D eigenvalue weighted by atomic mass is 10.1. The first-order valence-corrected chi connectivity index (χ1v) is 12.0. The number of aromatic nitrogens is 2. The number of rotatable bonds is 7. The summed E-state index contributed by atoms with van der Waals surface area (Å²) < 4.78 is 34.0. The molecule has 1 aromatic carbocycles. The summed E-state index contributed by atoms with van der Waals surface area (Å²) in [5.74, 6) is -1.27. The molecule has 0 spiro atoms. The quantitative estimate of drug-likeness (QED) is 0.379. The number of nitrogens with two attached hydrogens (primary N) is 1. The zero-order chi connectivity index (χ0) is 25.2. The number of hydrogen-bond acceptors (Lipinski definition) is 9. The van der Waals surface area contributed by atoms with Crippen molar-refractivity contribution in [3.8, 4) is 0 Å². The number of carbonyl (C=O) groups excluding carboxylic acids is 2. The summed E-state index contributed by atoms with van der Waals surface area (Å²) >= 11 is 0. The van der Waals surface area contributed by atoms with Gasteiger partial charge in [0.1, 0.15) is 11.4 Å². The van der Waals surface area contributed by atoms with Gasteiger partial charge in [0.15, 0.2) is 5.78 Å². The average molecular weight is 494 g/mol. The van der Waals surface area contributed by atoms with E-state index in [9.17, 15) is 27.6 Å². The maximum atomic E-state index is 13.0. The minimum atomic E-state index is -3.79. The van der Waals surface area contributed by atoms with Gasteiger partial charge < -0.3 is 10.5 Å². The molecule has 184 valence electrons. The Kier molecular flexibility index (Phi) is 7.38. The zero-order valence-electron chi connectivity index (χ0n) is 19.2. The molecule has 0 saturated carbocycles. The van der Waals surface area contributed by atoms with Crippen molar-refractivity contribution in [2.24, 2.45) is 14.1 Å².